The molecule has 0 saturated carbocycles. The van der Waals surface area contributed by atoms with Crippen molar-refractivity contribution in [1.82, 2.24) is 25.7 Å². The summed E-state index contributed by atoms with van der Waals surface area (Å²) in [6.07, 6.45) is 3.75. The third-order valence-electron chi connectivity index (χ3n) is 6.48. The standard InChI is InChI=1S/C23H27N5O3S/c1-28-14-16-4-7-19(11-21(16)27-28)32(30,31)18-5-2-15(3-6-18)12-25-23(29)22-10-17-13-24-9-8-20(17)26-22/h2-7,11,14,17,20,22,24,26H,8-10,12-13H2,1H3,(H,25,29). The summed E-state index contributed by atoms with van der Waals surface area (Å²) in [5.41, 5.74) is 1.50. The molecule has 3 atom stereocenters. The SMILES string of the molecule is Cn1cc2ccc(S(=O)(=O)c3ccc(CNC(=O)C4CC5CNCCC5N4)cc3)cc2n1. The molecule has 2 saturated heterocycles. The van der Waals surface area contributed by atoms with E-state index in [2.05, 4.69) is 21.0 Å². The summed E-state index contributed by atoms with van der Waals surface area (Å²) in [5, 5.41) is 15.0. The Morgan fingerprint density at radius 3 is 2.75 bits per heavy atom. The summed E-state index contributed by atoms with van der Waals surface area (Å²) >= 11 is 0. The minimum atomic E-state index is -3.65. The minimum absolute atomic E-state index is 0.000221. The lowest BCUT2D eigenvalue weighted by Crippen LogP contribution is -2.45. The molecule has 5 rings (SSSR count). The number of hydrogen-bond donors (Lipinski definition) is 3. The maximum absolute atomic E-state index is 13.0. The lowest BCUT2D eigenvalue weighted by atomic mass is 9.94. The molecule has 2 aliphatic heterocycles. The highest BCUT2D eigenvalue weighted by Crippen LogP contribution is 2.26. The first-order chi connectivity index (χ1) is 15.4. The first-order valence-electron chi connectivity index (χ1n) is 10.9. The van der Waals surface area contributed by atoms with Crippen molar-refractivity contribution >= 4 is 26.6 Å². The fourth-order valence-electron chi connectivity index (χ4n) is 4.72. The summed E-state index contributed by atoms with van der Waals surface area (Å²) in [5.74, 6) is 0.508. The Labute approximate surface area is 187 Å². The third kappa shape index (κ3) is 4.03. The van der Waals surface area contributed by atoms with Crippen LogP contribution >= 0.6 is 0 Å². The summed E-state index contributed by atoms with van der Waals surface area (Å²) in [6.45, 7) is 2.32. The molecule has 0 aliphatic carbocycles. The second-order valence-corrected chi connectivity index (χ2v) is 10.7. The number of piperidine rings is 1. The van der Waals surface area contributed by atoms with Gasteiger partial charge in [0.15, 0.2) is 0 Å². The molecule has 1 aromatic heterocycles. The maximum atomic E-state index is 13.0. The van der Waals surface area contributed by atoms with E-state index in [1.807, 2.05) is 6.20 Å². The molecule has 8 nitrogen and oxygen atoms in total. The first-order valence-corrected chi connectivity index (χ1v) is 12.4. The minimum Gasteiger partial charge on any atom is -0.351 e. The highest BCUT2D eigenvalue weighted by molar-refractivity contribution is 7.91. The van der Waals surface area contributed by atoms with E-state index in [1.54, 1.807) is 54.2 Å². The van der Waals surface area contributed by atoms with E-state index in [4.69, 9.17) is 0 Å². The predicted octanol–water partition coefficient (Wildman–Crippen LogP) is 1.36. The van der Waals surface area contributed by atoms with Crippen LogP contribution in [-0.4, -0.2) is 49.3 Å². The fourth-order valence-corrected chi connectivity index (χ4v) is 6.00. The Bertz CT molecular complexity index is 1240. The van der Waals surface area contributed by atoms with Crippen molar-refractivity contribution in [2.45, 2.75) is 41.3 Å². The number of hydrogen-bond acceptors (Lipinski definition) is 6. The summed E-state index contributed by atoms with van der Waals surface area (Å²) in [6, 6.07) is 11.9. The van der Waals surface area contributed by atoms with E-state index in [1.165, 1.54) is 0 Å². The quantitative estimate of drug-likeness (QED) is 0.539. The molecule has 0 bridgehead atoms. The van der Waals surface area contributed by atoms with Crippen molar-refractivity contribution in [2.75, 3.05) is 13.1 Å². The Morgan fingerprint density at radius 1 is 1.19 bits per heavy atom. The molecule has 2 aromatic carbocycles. The summed E-state index contributed by atoms with van der Waals surface area (Å²) in [4.78, 5) is 13.0. The van der Waals surface area contributed by atoms with Gasteiger partial charge in [-0.2, -0.15) is 5.10 Å². The highest BCUT2D eigenvalue weighted by atomic mass is 32.2. The smallest absolute Gasteiger partial charge is 0.237 e. The van der Waals surface area contributed by atoms with E-state index >= 15 is 0 Å². The van der Waals surface area contributed by atoms with Crippen molar-refractivity contribution in [3.8, 4) is 0 Å². The number of aryl methyl sites for hydroxylation is 1. The number of sulfone groups is 1. The number of nitrogens with one attached hydrogen (secondary N) is 3. The van der Waals surface area contributed by atoms with E-state index < -0.39 is 9.84 Å². The highest BCUT2D eigenvalue weighted by Gasteiger charge is 2.38. The predicted molar refractivity (Wildman–Crippen MR) is 121 cm³/mol. The van der Waals surface area contributed by atoms with Gasteiger partial charge in [-0.3, -0.25) is 9.48 Å². The Morgan fingerprint density at radius 2 is 1.97 bits per heavy atom. The Balaban J connectivity index is 1.24. The van der Waals surface area contributed by atoms with Gasteiger partial charge in [0.05, 0.1) is 21.3 Å². The second kappa shape index (κ2) is 8.31. The molecule has 2 aliphatic rings. The van der Waals surface area contributed by atoms with E-state index in [-0.39, 0.29) is 21.7 Å². The van der Waals surface area contributed by atoms with Crippen molar-refractivity contribution in [3.63, 3.8) is 0 Å². The molecule has 0 radical (unpaired) electrons. The monoisotopic (exact) mass is 453 g/mol. The van der Waals surface area contributed by atoms with Crippen LogP contribution in [0.5, 0.6) is 0 Å². The van der Waals surface area contributed by atoms with Crippen LogP contribution in [0, 0.1) is 5.92 Å². The van der Waals surface area contributed by atoms with Gasteiger partial charge in [-0.15, -0.1) is 0 Å². The second-order valence-electron chi connectivity index (χ2n) is 8.70. The van der Waals surface area contributed by atoms with Crippen molar-refractivity contribution < 1.29 is 13.2 Å². The van der Waals surface area contributed by atoms with Crippen molar-refractivity contribution in [1.29, 1.82) is 0 Å². The van der Waals surface area contributed by atoms with Gasteiger partial charge < -0.3 is 16.0 Å². The number of aromatic nitrogens is 2. The molecule has 3 N–H and O–H groups in total. The van der Waals surface area contributed by atoms with Crippen LogP contribution in [0.25, 0.3) is 10.9 Å². The molecule has 168 valence electrons. The van der Waals surface area contributed by atoms with Crippen LogP contribution in [0.4, 0.5) is 0 Å². The van der Waals surface area contributed by atoms with Gasteiger partial charge in [0.25, 0.3) is 0 Å². The van der Waals surface area contributed by atoms with Crippen LogP contribution in [-0.2, 0) is 28.2 Å². The van der Waals surface area contributed by atoms with Gasteiger partial charge in [-0.25, -0.2) is 8.42 Å². The van der Waals surface area contributed by atoms with Crippen LogP contribution in [0.2, 0.25) is 0 Å². The number of benzene rings is 2. The van der Waals surface area contributed by atoms with Gasteiger partial charge >= 0.3 is 0 Å². The van der Waals surface area contributed by atoms with E-state index in [0.29, 0.717) is 24.0 Å². The van der Waals surface area contributed by atoms with Gasteiger partial charge in [0.1, 0.15) is 0 Å². The zero-order chi connectivity index (χ0) is 22.3. The average Bonchev–Trinajstić information content (AvgIpc) is 3.39. The Kier molecular flexibility index (Phi) is 5.48. The summed E-state index contributed by atoms with van der Waals surface area (Å²) < 4.78 is 27.7. The topological polar surface area (TPSA) is 105 Å². The zero-order valence-electron chi connectivity index (χ0n) is 17.9. The Hall–Kier alpha value is -2.75. The van der Waals surface area contributed by atoms with E-state index in [9.17, 15) is 13.2 Å². The number of carbonyl (C=O) groups excluding carboxylic acids is 1. The van der Waals surface area contributed by atoms with Crippen LogP contribution < -0.4 is 16.0 Å². The number of carbonyl (C=O) groups is 1. The molecule has 1 amide bonds. The van der Waals surface area contributed by atoms with Gasteiger partial charge in [0, 0.05) is 31.2 Å². The number of rotatable bonds is 5. The summed E-state index contributed by atoms with van der Waals surface area (Å²) in [7, 11) is -1.84. The largest absolute Gasteiger partial charge is 0.351 e. The molecule has 9 heteroatoms. The van der Waals surface area contributed by atoms with Crippen molar-refractivity contribution in [2.24, 2.45) is 13.0 Å². The number of amides is 1. The van der Waals surface area contributed by atoms with Gasteiger partial charge in [-0.05, 0) is 67.7 Å². The van der Waals surface area contributed by atoms with Crippen LogP contribution in [0.15, 0.2) is 58.5 Å². The fraction of sp³-hybridized carbons (Fsp3) is 0.391. The first kappa shape index (κ1) is 21.1. The van der Waals surface area contributed by atoms with Crippen LogP contribution in [0.3, 0.4) is 0 Å². The molecule has 3 unspecified atom stereocenters. The molecular formula is C23H27N5O3S. The van der Waals surface area contributed by atoms with Gasteiger partial charge in [0.2, 0.25) is 15.7 Å². The van der Waals surface area contributed by atoms with Crippen molar-refractivity contribution in [3.05, 3.63) is 54.2 Å². The lowest BCUT2D eigenvalue weighted by Gasteiger charge is -2.25. The average molecular weight is 454 g/mol. The molecule has 2 fully saturated rings. The number of nitrogens with zero attached hydrogens (tertiary/aromatic N) is 2. The third-order valence-corrected chi connectivity index (χ3v) is 8.25. The molecule has 3 heterocycles. The lowest BCUT2D eigenvalue weighted by molar-refractivity contribution is -0.123. The van der Waals surface area contributed by atoms with E-state index in [0.717, 1.165) is 36.9 Å². The molecular weight excluding hydrogens is 426 g/mol. The van der Waals surface area contributed by atoms with Gasteiger partial charge in [-0.1, -0.05) is 12.1 Å². The van der Waals surface area contributed by atoms with Crippen LogP contribution in [0.1, 0.15) is 18.4 Å². The zero-order valence-corrected chi connectivity index (χ0v) is 18.7. The molecule has 0 spiro atoms. The molecule has 32 heavy (non-hydrogen) atoms. The maximum Gasteiger partial charge on any atom is 0.237 e. The number of fused-ring (bicyclic) bond motifs is 2. The molecule has 3 aromatic rings. The normalized spacial score (nSPS) is 23.2.